The molecule has 2 nitrogen and oxygen atoms in total. The van der Waals surface area contributed by atoms with Crippen molar-refractivity contribution in [3.8, 4) is 0 Å². The van der Waals surface area contributed by atoms with Gasteiger partial charge in [0.25, 0.3) is 0 Å². The van der Waals surface area contributed by atoms with Crippen LogP contribution >= 0.6 is 0 Å². The van der Waals surface area contributed by atoms with Crippen LogP contribution in [0.2, 0.25) is 0 Å². The Morgan fingerprint density at radius 1 is 0.950 bits per heavy atom. The molecule has 3 aromatic rings. The van der Waals surface area contributed by atoms with E-state index in [0.29, 0.717) is 0 Å². The second-order valence-corrected chi connectivity index (χ2v) is 5.10. The summed E-state index contributed by atoms with van der Waals surface area (Å²) in [7, 11) is 1.80. The number of carbonyl (C=O) groups is 1. The third kappa shape index (κ3) is 2.08. The first-order chi connectivity index (χ1) is 9.70. The topological polar surface area (TPSA) is 29.1 Å². The van der Waals surface area contributed by atoms with Crippen molar-refractivity contribution in [2.45, 2.75) is 13.0 Å². The minimum absolute atomic E-state index is 0.127. The minimum Gasteiger partial charge on any atom is -0.310 e. The largest absolute Gasteiger partial charge is 0.310 e. The number of fused-ring (bicyclic) bond motifs is 3. The molecule has 0 spiro atoms. The van der Waals surface area contributed by atoms with Crippen molar-refractivity contribution < 1.29 is 4.79 Å². The molecule has 0 aliphatic carbocycles. The van der Waals surface area contributed by atoms with Crippen molar-refractivity contribution in [2.75, 3.05) is 7.05 Å². The molecule has 0 fully saturated rings. The normalized spacial score (nSPS) is 12.7. The van der Waals surface area contributed by atoms with E-state index in [0.717, 1.165) is 16.3 Å². The van der Waals surface area contributed by atoms with E-state index in [4.69, 9.17) is 0 Å². The minimum atomic E-state index is -0.164. The summed E-state index contributed by atoms with van der Waals surface area (Å²) in [6, 6.07) is 18.3. The van der Waals surface area contributed by atoms with Gasteiger partial charge in [0.05, 0.1) is 6.04 Å². The Bertz CT molecular complexity index is 792. The summed E-state index contributed by atoms with van der Waals surface area (Å²) >= 11 is 0. The van der Waals surface area contributed by atoms with Crippen molar-refractivity contribution in [2.24, 2.45) is 0 Å². The highest BCUT2D eigenvalue weighted by molar-refractivity contribution is 6.11. The van der Waals surface area contributed by atoms with E-state index in [1.807, 2.05) is 37.3 Å². The molecule has 1 N–H and O–H groups in total. The van der Waals surface area contributed by atoms with Crippen molar-refractivity contribution in [3.05, 3.63) is 60.2 Å². The van der Waals surface area contributed by atoms with Crippen LogP contribution in [0.4, 0.5) is 0 Å². The van der Waals surface area contributed by atoms with Crippen LogP contribution in [0.15, 0.2) is 54.6 Å². The highest BCUT2D eigenvalue weighted by atomic mass is 16.1. The molecule has 0 radical (unpaired) electrons. The van der Waals surface area contributed by atoms with Crippen LogP contribution in [0, 0.1) is 0 Å². The SMILES string of the molecule is CN[C@@H](C)C(=O)c1ccc2ccc3ccccc3c2c1. The summed E-state index contributed by atoms with van der Waals surface area (Å²) in [4.78, 5) is 12.3. The molecule has 3 aromatic carbocycles. The molecular weight excluding hydrogens is 246 g/mol. The highest BCUT2D eigenvalue weighted by Crippen LogP contribution is 2.26. The first kappa shape index (κ1) is 12.8. The van der Waals surface area contributed by atoms with E-state index in [1.165, 1.54) is 10.8 Å². The number of likely N-dealkylation sites (N-methyl/N-ethyl adjacent to an activating group) is 1. The Morgan fingerprint density at radius 3 is 2.35 bits per heavy atom. The van der Waals surface area contributed by atoms with Crippen LogP contribution in [0.25, 0.3) is 21.5 Å². The number of hydrogen-bond donors (Lipinski definition) is 1. The summed E-state index contributed by atoms with van der Waals surface area (Å²) < 4.78 is 0. The average molecular weight is 263 g/mol. The van der Waals surface area contributed by atoms with Gasteiger partial charge in [-0.05, 0) is 41.6 Å². The number of rotatable bonds is 3. The molecule has 0 amide bonds. The molecule has 0 aliphatic rings. The first-order valence-corrected chi connectivity index (χ1v) is 6.83. The predicted octanol–water partition coefficient (Wildman–Crippen LogP) is 3.78. The van der Waals surface area contributed by atoms with Crippen molar-refractivity contribution >= 4 is 27.3 Å². The van der Waals surface area contributed by atoms with Gasteiger partial charge >= 0.3 is 0 Å². The van der Waals surface area contributed by atoms with Gasteiger partial charge in [-0.15, -0.1) is 0 Å². The lowest BCUT2D eigenvalue weighted by atomic mass is 9.97. The Balaban J connectivity index is 2.23. The molecule has 100 valence electrons. The van der Waals surface area contributed by atoms with Gasteiger partial charge in [-0.3, -0.25) is 4.79 Å². The van der Waals surface area contributed by atoms with Gasteiger partial charge in [0, 0.05) is 5.56 Å². The van der Waals surface area contributed by atoms with Crippen LogP contribution in [0.1, 0.15) is 17.3 Å². The number of hydrogen-bond acceptors (Lipinski definition) is 2. The molecule has 0 unspecified atom stereocenters. The molecular formula is C18H17NO. The van der Waals surface area contributed by atoms with Gasteiger partial charge in [-0.1, -0.05) is 48.5 Å². The lowest BCUT2D eigenvalue weighted by Crippen LogP contribution is -2.30. The van der Waals surface area contributed by atoms with E-state index < -0.39 is 0 Å². The molecule has 1 atom stereocenters. The van der Waals surface area contributed by atoms with Crippen LogP contribution in [-0.4, -0.2) is 18.9 Å². The van der Waals surface area contributed by atoms with Crippen molar-refractivity contribution in [1.29, 1.82) is 0 Å². The number of Topliss-reactive ketones (excluding diaryl/α,β-unsaturated/α-hetero) is 1. The predicted molar refractivity (Wildman–Crippen MR) is 84.3 cm³/mol. The first-order valence-electron chi connectivity index (χ1n) is 6.83. The Hall–Kier alpha value is -2.19. The number of ketones is 1. The molecule has 3 rings (SSSR count). The fourth-order valence-electron chi connectivity index (χ4n) is 2.54. The number of benzene rings is 3. The summed E-state index contributed by atoms with van der Waals surface area (Å²) in [5.41, 5.74) is 0.760. The van der Waals surface area contributed by atoms with Crippen LogP contribution in [0.5, 0.6) is 0 Å². The highest BCUT2D eigenvalue weighted by Gasteiger charge is 2.13. The molecule has 0 saturated carbocycles. The van der Waals surface area contributed by atoms with Gasteiger partial charge in [0.2, 0.25) is 0 Å². The van der Waals surface area contributed by atoms with E-state index in [-0.39, 0.29) is 11.8 Å². The van der Waals surface area contributed by atoms with Crippen LogP contribution in [0.3, 0.4) is 0 Å². The number of nitrogens with one attached hydrogen (secondary N) is 1. The van der Waals surface area contributed by atoms with E-state index in [2.05, 4.69) is 29.6 Å². The molecule has 0 aromatic heterocycles. The summed E-state index contributed by atoms with van der Waals surface area (Å²) in [6.07, 6.45) is 0. The maximum atomic E-state index is 12.3. The van der Waals surface area contributed by atoms with Gasteiger partial charge < -0.3 is 5.32 Å². The molecule has 0 heterocycles. The zero-order valence-corrected chi connectivity index (χ0v) is 11.7. The Labute approximate surface area is 118 Å². The number of carbonyl (C=O) groups excluding carboxylic acids is 1. The fraction of sp³-hybridized carbons (Fsp3) is 0.167. The summed E-state index contributed by atoms with van der Waals surface area (Å²) in [5.74, 6) is 0.127. The zero-order chi connectivity index (χ0) is 14.1. The summed E-state index contributed by atoms with van der Waals surface area (Å²) in [6.45, 7) is 1.88. The quantitative estimate of drug-likeness (QED) is 0.575. The smallest absolute Gasteiger partial charge is 0.179 e. The molecule has 20 heavy (non-hydrogen) atoms. The molecule has 0 bridgehead atoms. The van der Waals surface area contributed by atoms with Crippen molar-refractivity contribution in [3.63, 3.8) is 0 Å². The van der Waals surface area contributed by atoms with Gasteiger partial charge in [-0.2, -0.15) is 0 Å². The van der Waals surface area contributed by atoms with Crippen LogP contribution in [-0.2, 0) is 0 Å². The van der Waals surface area contributed by atoms with Gasteiger partial charge in [0.1, 0.15) is 0 Å². The lowest BCUT2D eigenvalue weighted by Gasteiger charge is -2.10. The van der Waals surface area contributed by atoms with Crippen LogP contribution < -0.4 is 5.32 Å². The second-order valence-electron chi connectivity index (χ2n) is 5.10. The molecule has 0 saturated heterocycles. The molecule has 2 heteroatoms. The molecule has 0 aliphatic heterocycles. The lowest BCUT2D eigenvalue weighted by molar-refractivity contribution is 0.0955. The maximum Gasteiger partial charge on any atom is 0.179 e. The Morgan fingerprint density at radius 2 is 1.60 bits per heavy atom. The van der Waals surface area contributed by atoms with Crippen molar-refractivity contribution in [1.82, 2.24) is 5.32 Å². The van der Waals surface area contributed by atoms with E-state index >= 15 is 0 Å². The third-order valence-electron chi connectivity index (χ3n) is 3.86. The third-order valence-corrected chi connectivity index (χ3v) is 3.86. The summed E-state index contributed by atoms with van der Waals surface area (Å²) in [5, 5.41) is 7.69. The Kier molecular flexibility index (Phi) is 3.25. The zero-order valence-electron chi connectivity index (χ0n) is 11.7. The van der Waals surface area contributed by atoms with Gasteiger partial charge in [0.15, 0.2) is 5.78 Å². The fourth-order valence-corrected chi connectivity index (χ4v) is 2.54. The van der Waals surface area contributed by atoms with Gasteiger partial charge in [-0.25, -0.2) is 0 Å². The second kappa shape index (κ2) is 5.06. The standard InChI is InChI=1S/C18H17NO/c1-12(19-2)18(20)15-10-9-14-8-7-13-5-3-4-6-16(13)17(14)11-15/h3-12,19H,1-2H3/t12-/m0/s1. The van der Waals surface area contributed by atoms with E-state index in [1.54, 1.807) is 7.05 Å². The van der Waals surface area contributed by atoms with E-state index in [9.17, 15) is 4.79 Å². The maximum absolute atomic E-state index is 12.3. The monoisotopic (exact) mass is 263 g/mol. The average Bonchev–Trinajstić information content (AvgIpc) is 2.52.